The summed E-state index contributed by atoms with van der Waals surface area (Å²) in [7, 11) is 0. The normalized spacial score (nSPS) is 10.5. The van der Waals surface area contributed by atoms with E-state index in [2.05, 4.69) is 20.7 Å². The maximum atomic E-state index is 11.9. The highest BCUT2D eigenvalue weighted by Crippen LogP contribution is 2.34. The van der Waals surface area contributed by atoms with Crippen LogP contribution in [-0.4, -0.2) is 12.4 Å². The molecule has 3 nitrogen and oxygen atoms in total. The molecule has 0 spiro atoms. The third-order valence-electron chi connectivity index (χ3n) is 1.74. The average Bonchev–Trinajstić information content (AvgIpc) is 2.12. The van der Waals surface area contributed by atoms with Gasteiger partial charge in [-0.05, 0) is 35.0 Å². The number of benzene rings is 1. The maximum absolute atomic E-state index is 11.9. The molecule has 6 heteroatoms. The number of hydrogen-bond acceptors (Lipinski definition) is 3. The molecule has 0 fully saturated rings. The van der Waals surface area contributed by atoms with E-state index >= 15 is 0 Å². The highest BCUT2D eigenvalue weighted by atomic mass is 79.9. The number of rotatable bonds is 3. The molecule has 1 rings (SSSR count). The van der Waals surface area contributed by atoms with E-state index in [0.717, 1.165) is 0 Å². The van der Waals surface area contributed by atoms with Crippen molar-refractivity contribution in [3.05, 3.63) is 22.2 Å². The lowest BCUT2D eigenvalue weighted by atomic mass is 10.1. The van der Waals surface area contributed by atoms with Gasteiger partial charge in [0.25, 0.3) is 0 Å². The Labute approximate surface area is 93.3 Å². The van der Waals surface area contributed by atoms with Crippen LogP contribution < -0.4 is 10.5 Å². The number of Topliss-reactive ketones (excluding diaryl/α,β-unsaturated/α-hetero) is 1. The van der Waals surface area contributed by atoms with E-state index in [-0.39, 0.29) is 27.3 Å². The fourth-order valence-electron chi connectivity index (χ4n) is 1.07. The predicted molar refractivity (Wildman–Crippen MR) is 55.2 cm³/mol. The van der Waals surface area contributed by atoms with E-state index in [0.29, 0.717) is 0 Å². The first-order valence-electron chi connectivity index (χ1n) is 3.97. The van der Waals surface area contributed by atoms with Crippen LogP contribution in [0, 0.1) is 0 Å². The van der Waals surface area contributed by atoms with Gasteiger partial charge in [0.2, 0.25) is 0 Å². The maximum Gasteiger partial charge on any atom is 0.387 e. The minimum absolute atomic E-state index is 0.0903. The van der Waals surface area contributed by atoms with E-state index in [4.69, 9.17) is 5.73 Å². The topological polar surface area (TPSA) is 52.3 Å². The second-order valence-corrected chi connectivity index (χ2v) is 3.57. The quantitative estimate of drug-likeness (QED) is 0.684. The lowest BCUT2D eigenvalue weighted by molar-refractivity contribution is -0.0502. The van der Waals surface area contributed by atoms with Gasteiger partial charge in [0.05, 0.1) is 10.2 Å². The zero-order valence-corrected chi connectivity index (χ0v) is 9.35. The number of ketones is 1. The van der Waals surface area contributed by atoms with Crippen molar-refractivity contribution < 1.29 is 18.3 Å². The van der Waals surface area contributed by atoms with Gasteiger partial charge in [0, 0.05) is 5.56 Å². The smallest absolute Gasteiger partial charge is 0.387 e. The molecule has 0 radical (unpaired) electrons. The molecule has 2 N–H and O–H groups in total. The third kappa shape index (κ3) is 2.65. The van der Waals surface area contributed by atoms with Crippen LogP contribution in [0.2, 0.25) is 0 Å². The van der Waals surface area contributed by atoms with Gasteiger partial charge in [-0.3, -0.25) is 4.79 Å². The van der Waals surface area contributed by atoms with Gasteiger partial charge in [-0.25, -0.2) is 0 Å². The molecule has 0 aliphatic rings. The van der Waals surface area contributed by atoms with E-state index in [9.17, 15) is 13.6 Å². The van der Waals surface area contributed by atoms with Crippen molar-refractivity contribution in [2.24, 2.45) is 0 Å². The molecule has 0 atom stereocenters. The molecule has 0 saturated heterocycles. The summed E-state index contributed by atoms with van der Waals surface area (Å²) in [6.45, 7) is -1.59. The number of anilines is 1. The Kier molecular flexibility index (Phi) is 3.62. The molecule has 0 saturated carbocycles. The van der Waals surface area contributed by atoms with E-state index in [1.165, 1.54) is 19.1 Å². The summed E-state index contributed by atoms with van der Waals surface area (Å²) in [6, 6.07) is 2.61. The summed E-state index contributed by atoms with van der Waals surface area (Å²) in [5, 5.41) is 0. The van der Waals surface area contributed by atoms with Gasteiger partial charge in [0.1, 0.15) is 5.75 Å². The van der Waals surface area contributed by atoms with Crippen molar-refractivity contribution in [1.82, 2.24) is 0 Å². The largest absolute Gasteiger partial charge is 0.434 e. The summed E-state index contributed by atoms with van der Waals surface area (Å²) in [6.07, 6.45) is 0. The number of nitrogens with two attached hydrogens (primary N) is 1. The molecule has 0 heterocycles. The lowest BCUT2D eigenvalue weighted by Gasteiger charge is -2.10. The van der Waals surface area contributed by atoms with Crippen LogP contribution in [0.25, 0.3) is 0 Å². The van der Waals surface area contributed by atoms with E-state index in [1.54, 1.807) is 0 Å². The molecule has 0 amide bonds. The minimum atomic E-state index is -2.93. The molecule has 0 bridgehead atoms. The third-order valence-corrected chi connectivity index (χ3v) is 2.56. The predicted octanol–water partition coefficient (Wildman–Crippen LogP) is 2.84. The van der Waals surface area contributed by atoms with Gasteiger partial charge < -0.3 is 10.5 Å². The molecular formula is C9H8BrF2NO2. The van der Waals surface area contributed by atoms with Crippen LogP contribution in [0.15, 0.2) is 16.6 Å². The average molecular weight is 280 g/mol. The van der Waals surface area contributed by atoms with Crippen molar-refractivity contribution in [3.63, 3.8) is 0 Å². The number of ether oxygens (including phenoxy) is 1. The van der Waals surface area contributed by atoms with Crippen LogP contribution in [0.5, 0.6) is 5.75 Å². The molecule has 0 unspecified atom stereocenters. The Hall–Kier alpha value is -1.17. The van der Waals surface area contributed by atoms with Crippen LogP contribution in [-0.2, 0) is 0 Å². The lowest BCUT2D eigenvalue weighted by Crippen LogP contribution is -2.06. The van der Waals surface area contributed by atoms with Gasteiger partial charge in [0.15, 0.2) is 5.78 Å². The summed E-state index contributed by atoms with van der Waals surface area (Å²) >= 11 is 2.99. The summed E-state index contributed by atoms with van der Waals surface area (Å²) < 4.78 is 28.2. The molecule has 1 aromatic rings. The number of alkyl halides is 2. The number of nitrogen functional groups attached to an aromatic ring is 1. The van der Waals surface area contributed by atoms with Crippen LogP contribution >= 0.6 is 15.9 Å². The zero-order valence-electron chi connectivity index (χ0n) is 7.76. The second kappa shape index (κ2) is 4.57. The highest BCUT2D eigenvalue weighted by molar-refractivity contribution is 9.10. The van der Waals surface area contributed by atoms with E-state index < -0.39 is 6.61 Å². The minimum Gasteiger partial charge on any atom is -0.434 e. The number of hydrogen-bond donors (Lipinski definition) is 1. The molecule has 1 aromatic carbocycles. The van der Waals surface area contributed by atoms with Crippen LogP contribution in [0.1, 0.15) is 17.3 Å². The van der Waals surface area contributed by atoms with Gasteiger partial charge in [-0.2, -0.15) is 8.78 Å². The second-order valence-electron chi connectivity index (χ2n) is 2.77. The first-order valence-corrected chi connectivity index (χ1v) is 4.76. The first kappa shape index (κ1) is 11.9. The Morgan fingerprint density at radius 1 is 1.53 bits per heavy atom. The van der Waals surface area contributed by atoms with Gasteiger partial charge in [-0.1, -0.05) is 0 Å². The van der Waals surface area contributed by atoms with Gasteiger partial charge in [-0.15, -0.1) is 0 Å². The Morgan fingerprint density at radius 2 is 2.13 bits per heavy atom. The summed E-state index contributed by atoms with van der Waals surface area (Å²) in [5.74, 6) is -0.329. The Balaban J connectivity index is 3.15. The monoisotopic (exact) mass is 279 g/mol. The van der Waals surface area contributed by atoms with Crippen LogP contribution in [0.4, 0.5) is 14.5 Å². The Bertz CT molecular complexity index is 396. The molecule has 15 heavy (non-hydrogen) atoms. The van der Waals surface area contributed by atoms with Crippen LogP contribution in [0.3, 0.4) is 0 Å². The fraction of sp³-hybridized carbons (Fsp3) is 0.222. The molecule has 0 aromatic heterocycles. The van der Waals surface area contributed by atoms with Crippen molar-refractivity contribution in [3.8, 4) is 5.75 Å². The van der Waals surface area contributed by atoms with Crippen molar-refractivity contribution in [2.45, 2.75) is 13.5 Å². The molecular weight excluding hydrogens is 272 g/mol. The Morgan fingerprint density at radius 3 is 2.60 bits per heavy atom. The van der Waals surface area contributed by atoms with Crippen molar-refractivity contribution in [1.29, 1.82) is 0 Å². The summed E-state index contributed by atoms with van der Waals surface area (Å²) in [5.41, 5.74) is 5.93. The fourth-order valence-corrected chi connectivity index (χ4v) is 1.51. The first-order chi connectivity index (χ1) is 6.93. The van der Waals surface area contributed by atoms with Crippen molar-refractivity contribution >= 4 is 27.4 Å². The van der Waals surface area contributed by atoms with Crippen molar-refractivity contribution in [2.75, 3.05) is 5.73 Å². The number of carbonyl (C=O) groups excluding carboxylic acids is 1. The summed E-state index contributed by atoms with van der Waals surface area (Å²) in [4.78, 5) is 11.1. The zero-order chi connectivity index (χ0) is 11.6. The molecule has 0 aliphatic heterocycles. The van der Waals surface area contributed by atoms with Gasteiger partial charge >= 0.3 is 6.61 Å². The number of halogens is 3. The van der Waals surface area contributed by atoms with E-state index in [1.807, 2.05) is 0 Å². The standard InChI is InChI=1S/C9H8BrF2NO2/c1-4(14)5-2-3-6(15-9(11)12)7(10)8(5)13/h2-3,9H,13H2,1H3. The SMILES string of the molecule is CC(=O)c1ccc(OC(F)F)c(Br)c1N. The number of carbonyl (C=O) groups is 1. The molecule has 82 valence electrons. The molecule has 0 aliphatic carbocycles. The highest BCUT2D eigenvalue weighted by Gasteiger charge is 2.14.